The number of fused-ring (bicyclic) bond motifs is 2. The summed E-state index contributed by atoms with van der Waals surface area (Å²) in [5.74, 6) is 0. The van der Waals surface area contributed by atoms with E-state index in [1.807, 2.05) is 0 Å². The van der Waals surface area contributed by atoms with E-state index in [4.69, 9.17) is 0 Å². The molecule has 0 fully saturated rings. The van der Waals surface area contributed by atoms with Crippen LogP contribution in [0.25, 0.3) is 10.9 Å². The van der Waals surface area contributed by atoms with Crippen molar-refractivity contribution in [3.05, 3.63) is 65.9 Å². The maximum atomic E-state index is 2.53. The van der Waals surface area contributed by atoms with Gasteiger partial charge in [-0.2, -0.15) is 0 Å². The van der Waals surface area contributed by atoms with Crippen molar-refractivity contribution in [1.82, 2.24) is 4.57 Å². The molecule has 3 aromatic rings. The van der Waals surface area contributed by atoms with Crippen LogP contribution in [-0.2, 0) is 20.0 Å². The molecule has 0 aliphatic carbocycles. The summed E-state index contributed by atoms with van der Waals surface area (Å²) in [6.45, 7) is 2.15. The van der Waals surface area contributed by atoms with Crippen molar-refractivity contribution in [2.75, 3.05) is 11.4 Å². The highest BCUT2D eigenvalue weighted by molar-refractivity contribution is 5.84. The zero-order valence-corrected chi connectivity index (χ0v) is 12.4. The number of rotatable bonds is 2. The molecule has 0 spiro atoms. The van der Waals surface area contributed by atoms with E-state index in [1.54, 1.807) is 0 Å². The zero-order valence-electron chi connectivity index (χ0n) is 12.4. The zero-order chi connectivity index (χ0) is 14.2. The monoisotopic (exact) mass is 276 g/mol. The Bertz CT molecular complexity index is 785. The van der Waals surface area contributed by atoms with Gasteiger partial charge in [0.15, 0.2) is 0 Å². The summed E-state index contributed by atoms with van der Waals surface area (Å²) < 4.78 is 2.24. The van der Waals surface area contributed by atoms with Crippen molar-refractivity contribution in [3.63, 3.8) is 0 Å². The second-order valence-corrected chi connectivity index (χ2v) is 5.94. The van der Waals surface area contributed by atoms with Gasteiger partial charge in [-0.3, -0.25) is 0 Å². The minimum atomic E-state index is 0.998. The lowest BCUT2D eigenvalue weighted by Gasteiger charge is -2.31. The molecule has 1 aromatic heterocycles. The van der Waals surface area contributed by atoms with Gasteiger partial charge < -0.3 is 9.47 Å². The fraction of sp³-hybridized carbons (Fsp3) is 0.263. The van der Waals surface area contributed by atoms with Crippen molar-refractivity contribution in [2.45, 2.75) is 19.4 Å². The number of nitrogens with zero attached hydrogens (tertiary/aromatic N) is 2. The fourth-order valence-corrected chi connectivity index (χ4v) is 3.53. The summed E-state index contributed by atoms with van der Waals surface area (Å²) in [5.41, 5.74) is 5.64. The Kier molecular flexibility index (Phi) is 2.95. The Labute approximate surface area is 125 Å². The SMILES string of the molecule is Cn1cc(CN2CCCc3ccccc32)c2ccccc21. The molecule has 0 N–H and O–H groups in total. The van der Waals surface area contributed by atoms with Crippen LogP contribution < -0.4 is 4.90 Å². The van der Waals surface area contributed by atoms with Crippen molar-refractivity contribution < 1.29 is 0 Å². The van der Waals surface area contributed by atoms with Gasteiger partial charge in [0.1, 0.15) is 0 Å². The second kappa shape index (κ2) is 4.96. The minimum Gasteiger partial charge on any atom is -0.367 e. The molecule has 0 saturated heterocycles. The first-order valence-corrected chi connectivity index (χ1v) is 7.69. The van der Waals surface area contributed by atoms with Crippen LogP contribution in [-0.4, -0.2) is 11.1 Å². The molecule has 106 valence electrons. The van der Waals surface area contributed by atoms with Gasteiger partial charge in [-0.05, 0) is 36.1 Å². The lowest BCUT2D eigenvalue weighted by atomic mass is 10.0. The van der Waals surface area contributed by atoms with Crippen LogP contribution in [0.5, 0.6) is 0 Å². The maximum Gasteiger partial charge on any atom is 0.0481 e. The molecule has 0 amide bonds. The summed E-state index contributed by atoms with van der Waals surface area (Å²) in [6, 6.07) is 17.5. The van der Waals surface area contributed by atoms with Gasteiger partial charge in [0, 0.05) is 42.9 Å². The molecule has 2 nitrogen and oxygen atoms in total. The Morgan fingerprint density at radius 1 is 1.00 bits per heavy atom. The minimum absolute atomic E-state index is 0.998. The molecule has 0 bridgehead atoms. The van der Waals surface area contributed by atoms with Crippen LogP contribution in [0.2, 0.25) is 0 Å². The molecule has 2 aromatic carbocycles. The Morgan fingerprint density at radius 3 is 2.76 bits per heavy atom. The molecule has 0 atom stereocenters. The van der Waals surface area contributed by atoms with Crippen molar-refractivity contribution >= 4 is 16.6 Å². The molecule has 2 heteroatoms. The molecular weight excluding hydrogens is 256 g/mol. The average Bonchev–Trinajstić information content (AvgIpc) is 2.85. The number of hydrogen-bond donors (Lipinski definition) is 0. The van der Waals surface area contributed by atoms with Crippen LogP contribution in [0.3, 0.4) is 0 Å². The molecule has 0 unspecified atom stereocenters. The van der Waals surface area contributed by atoms with E-state index in [0.29, 0.717) is 0 Å². The van der Waals surface area contributed by atoms with Crippen LogP contribution in [0.15, 0.2) is 54.7 Å². The van der Waals surface area contributed by atoms with E-state index in [1.165, 1.54) is 40.6 Å². The quantitative estimate of drug-likeness (QED) is 0.683. The van der Waals surface area contributed by atoms with Crippen LogP contribution in [0, 0.1) is 0 Å². The number of hydrogen-bond acceptors (Lipinski definition) is 1. The first-order chi connectivity index (χ1) is 10.3. The van der Waals surface area contributed by atoms with E-state index >= 15 is 0 Å². The largest absolute Gasteiger partial charge is 0.367 e. The van der Waals surface area contributed by atoms with Gasteiger partial charge >= 0.3 is 0 Å². The van der Waals surface area contributed by atoms with E-state index < -0.39 is 0 Å². The lowest BCUT2D eigenvalue weighted by molar-refractivity contribution is 0.692. The van der Waals surface area contributed by atoms with Crippen LogP contribution in [0.1, 0.15) is 17.5 Å². The first kappa shape index (κ1) is 12.5. The van der Waals surface area contributed by atoms with Crippen molar-refractivity contribution in [1.29, 1.82) is 0 Å². The van der Waals surface area contributed by atoms with Gasteiger partial charge in [0.2, 0.25) is 0 Å². The Morgan fingerprint density at radius 2 is 1.81 bits per heavy atom. The number of aromatic nitrogens is 1. The van der Waals surface area contributed by atoms with E-state index in [2.05, 4.69) is 71.2 Å². The van der Waals surface area contributed by atoms with E-state index in [9.17, 15) is 0 Å². The van der Waals surface area contributed by atoms with Gasteiger partial charge in [0.05, 0.1) is 0 Å². The number of para-hydroxylation sites is 2. The third-order valence-electron chi connectivity index (χ3n) is 4.55. The highest BCUT2D eigenvalue weighted by atomic mass is 15.1. The van der Waals surface area contributed by atoms with Crippen LogP contribution in [0.4, 0.5) is 5.69 Å². The molecular formula is C19H20N2. The normalized spacial score (nSPS) is 14.4. The molecule has 1 aliphatic rings. The first-order valence-electron chi connectivity index (χ1n) is 7.69. The third-order valence-corrected chi connectivity index (χ3v) is 4.55. The third kappa shape index (κ3) is 2.11. The lowest BCUT2D eigenvalue weighted by Crippen LogP contribution is -2.28. The topological polar surface area (TPSA) is 8.17 Å². The number of aryl methyl sites for hydroxylation is 2. The number of benzene rings is 2. The Hall–Kier alpha value is -2.22. The fourth-order valence-electron chi connectivity index (χ4n) is 3.53. The van der Waals surface area contributed by atoms with Crippen molar-refractivity contribution in [2.24, 2.45) is 7.05 Å². The number of anilines is 1. The van der Waals surface area contributed by atoms with Gasteiger partial charge in [0.25, 0.3) is 0 Å². The summed E-state index contributed by atoms with van der Waals surface area (Å²) in [4.78, 5) is 2.53. The smallest absolute Gasteiger partial charge is 0.0481 e. The molecule has 21 heavy (non-hydrogen) atoms. The summed E-state index contributed by atoms with van der Waals surface area (Å²) in [5, 5.41) is 1.38. The molecule has 2 heterocycles. The van der Waals surface area contributed by atoms with Crippen molar-refractivity contribution in [3.8, 4) is 0 Å². The van der Waals surface area contributed by atoms with Gasteiger partial charge in [-0.25, -0.2) is 0 Å². The van der Waals surface area contributed by atoms with Gasteiger partial charge in [-0.15, -0.1) is 0 Å². The van der Waals surface area contributed by atoms with Crippen LogP contribution >= 0.6 is 0 Å². The second-order valence-electron chi connectivity index (χ2n) is 5.94. The van der Waals surface area contributed by atoms with E-state index in [-0.39, 0.29) is 0 Å². The highest BCUT2D eigenvalue weighted by Crippen LogP contribution is 2.30. The molecule has 0 saturated carbocycles. The predicted molar refractivity (Wildman–Crippen MR) is 88.7 cm³/mol. The standard InChI is InChI=1S/C19H20N2/c1-20-13-16(17-9-3-5-11-19(17)20)14-21-12-6-8-15-7-2-4-10-18(15)21/h2-5,7,9-11,13H,6,8,12,14H2,1H3. The predicted octanol–water partition coefficient (Wildman–Crippen LogP) is 4.13. The Balaban J connectivity index is 1.73. The summed E-state index contributed by atoms with van der Waals surface area (Å²) in [7, 11) is 2.13. The highest BCUT2D eigenvalue weighted by Gasteiger charge is 2.17. The van der Waals surface area contributed by atoms with E-state index in [0.717, 1.165) is 13.1 Å². The molecule has 4 rings (SSSR count). The summed E-state index contributed by atoms with van der Waals surface area (Å²) >= 11 is 0. The average molecular weight is 276 g/mol. The molecule has 1 aliphatic heterocycles. The summed E-state index contributed by atoms with van der Waals surface area (Å²) in [6.07, 6.45) is 4.74. The molecule has 0 radical (unpaired) electrons. The van der Waals surface area contributed by atoms with Gasteiger partial charge in [-0.1, -0.05) is 36.4 Å². The maximum absolute atomic E-state index is 2.53.